The minimum Gasteiger partial charge on any atom is -0.389 e. The van der Waals surface area contributed by atoms with Crippen molar-refractivity contribution in [1.82, 2.24) is 4.98 Å². The summed E-state index contributed by atoms with van der Waals surface area (Å²) in [4.78, 5) is 7.15. The molecule has 1 aromatic rings. The second-order valence-corrected chi connectivity index (χ2v) is 4.51. The van der Waals surface area contributed by atoms with Crippen LogP contribution in [0.15, 0.2) is 12.1 Å². The minimum atomic E-state index is 0.382. The van der Waals surface area contributed by atoms with Gasteiger partial charge in [-0.05, 0) is 39.8 Å². The average molecular weight is 237 g/mol. The van der Waals surface area contributed by atoms with E-state index in [2.05, 4.69) is 30.7 Å². The Balaban J connectivity index is 3.27. The Morgan fingerprint density at radius 2 is 2.12 bits per heavy atom. The van der Waals surface area contributed by atoms with Gasteiger partial charge in [0.25, 0.3) is 0 Å². The van der Waals surface area contributed by atoms with Gasteiger partial charge in [-0.1, -0.05) is 12.2 Å². The van der Waals surface area contributed by atoms with Gasteiger partial charge < -0.3 is 10.6 Å². The molecule has 2 N–H and O–H groups in total. The van der Waals surface area contributed by atoms with E-state index in [0.29, 0.717) is 11.0 Å². The molecule has 0 spiro atoms. The van der Waals surface area contributed by atoms with E-state index >= 15 is 0 Å². The molecular formula is C12H19N3S. The number of hydrogen-bond acceptors (Lipinski definition) is 3. The second kappa shape index (κ2) is 5.25. The second-order valence-electron chi connectivity index (χ2n) is 4.07. The summed E-state index contributed by atoms with van der Waals surface area (Å²) in [5, 5.41) is 0. The number of rotatable bonds is 4. The summed E-state index contributed by atoms with van der Waals surface area (Å²) in [7, 11) is 0. The van der Waals surface area contributed by atoms with Crippen LogP contribution in [0, 0.1) is 6.92 Å². The highest BCUT2D eigenvalue weighted by Gasteiger charge is 2.15. The maximum absolute atomic E-state index is 5.72. The lowest BCUT2D eigenvalue weighted by Gasteiger charge is -2.28. The quantitative estimate of drug-likeness (QED) is 0.816. The molecule has 1 rings (SSSR count). The van der Waals surface area contributed by atoms with Gasteiger partial charge >= 0.3 is 0 Å². The summed E-state index contributed by atoms with van der Waals surface area (Å²) < 4.78 is 0. The molecule has 0 amide bonds. The van der Waals surface area contributed by atoms with Crippen molar-refractivity contribution in [3.05, 3.63) is 23.4 Å². The van der Waals surface area contributed by atoms with Crippen LogP contribution in [0.5, 0.6) is 0 Å². The molecule has 0 radical (unpaired) electrons. The molecule has 88 valence electrons. The van der Waals surface area contributed by atoms with Crippen molar-refractivity contribution < 1.29 is 0 Å². The van der Waals surface area contributed by atoms with Gasteiger partial charge in [-0.25, -0.2) is 4.98 Å². The van der Waals surface area contributed by atoms with Crippen molar-refractivity contribution in [3.8, 4) is 0 Å². The average Bonchev–Trinajstić information content (AvgIpc) is 2.17. The summed E-state index contributed by atoms with van der Waals surface area (Å²) in [6.07, 6.45) is 0. The first-order valence-electron chi connectivity index (χ1n) is 5.51. The maximum Gasteiger partial charge on any atom is 0.139 e. The molecule has 1 aromatic heterocycles. The van der Waals surface area contributed by atoms with Gasteiger partial charge in [-0.15, -0.1) is 0 Å². The Bertz CT molecular complexity index is 388. The highest BCUT2D eigenvalue weighted by atomic mass is 32.1. The van der Waals surface area contributed by atoms with Crippen LogP contribution in [0.25, 0.3) is 0 Å². The van der Waals surface area contributed by atoms with E-state index in [0.717, 1.165) is 23.6 Å². The Labute approximate surface area is 103 Å². The fourth-order valence-corrected chi connectivity index (χ4v) is 1.87. The summed E-state index contributed by atoms with van der Waals surface area (Å²) in [5.41, 5.74) is 7.56. The van der Waals surface area contributed by atoms with Crippen LogP contribution in [-0.2, 0) is 0 Å². The maximum atomic E-state index is 5.72. The third-order valence-corrected chi connectivity index (χ3v) is 2.74. The van der Waals surface area contributed by atoms with Gasteiger partial charge in [0.1, 0.15) is 10.8 Å². The van der Waals surface area contributed by atoms with Crippen LogP contribution in [0.3, 0.4) is 0 Å². The number of thiocarbonyl (C=S) groups is 1. The van der Waals surface area contributed by atoms with Gasteiger partial charge in [0, 0.05) is 18.3 Å². The van der Waals surface area contributed by atoms with E-state index in [1.54, 1.807) is 0 Å². The zero-order valence-electron chi connectivity index (χ0n) is 10.3. The van der Waals surface area contributed by atoms with Crippen molar-refractivity contribution in [1.29, 1.82) is 0 Å². The van der Waals surface area contributed by atoms with Crippen molar-refractivity contribution in [2.24, 2.45) is 5.73 Å². The Morgan fingerprint density at radius 3 is 2.56 bits per heavy atom. The van der Waals surface area contributed by atoms with Crippen LogP contribution in [0.2, 0.25) is 0 Å². The molecule has 3 nitrogen and oxygen atoms in total. The molecule has 4 heteroatoms. The molecule has 0 saturated carbocycles. The Morgan fingerprint density at radius 1 is 1.50 bits per heavy atom. The predicted octanol–water partition coefficient (Wildman–Crippen LogP) is 2.26. The van der Waals surface area contributed by atoms with Crippen molar-refractivity contribution in [3.63, 3.8) is 0 Å². The first-order valence-corrected chi connectivity index (χ1v) is 5.92. The molecule has 0 aliphatic heterocycles. The van der Waals surface area contributed by atoms with E-state index in [1.807, 2.05) is 19.1 Å². The van der Waals surface area contributed by atoms with Gasteiger partial charge in [-0.3, -0.25) is 0 Å². The lowest BCUT2D eigenvalue weighted by atomic mass is 10.2. The third kappa shape index (κ3) is 2.70. The molecule has 0 fully saturated rings. The zero-order valence-corrected chi connectivity index (χ0v) is 11.1. The van der Waals surface area contributed by atoms with Gasteiger partial charge in [0.2, 0.25) is 0 Å². The number of nitrogens with two attached hydrogens (primary N) is 1. The van der Waals surface area contributed by atoms with E-state index in [4.69, 9.17) is 18.0 Å². The monoisotopic (exact) mass is 237 g/mol. The van der Waals surface area contributed by atoms with Gasteiger partial charge in [0.15, 0.2) is 0 Å². The molecule has 0 aromatic carbocycles. The normalized spacial score (nSPS) is 10.6. The Kier molecular flexibility index (Phi) is 4.24. The minimum absolute atomic E-state index is 0.382. The molecule has 0 saturated heterocycles. The molecule has 0 aliphatic carbocycles. The van der Waals surface area contributed by atoms with E-state index in [-0.39, 0.29) is 0 Å². The van der Waals surface area contributed by atoms with Crippen LogP contribution >= 0.6 is 12.2 Å². The topological polar surface area (TPSA) is 42.2 Å². The standard InChI is InChI=1S/C12H19N3S/c1-5-15(8(2)3)12-10(11(13)16)7-6-9(4)14-12/h6-8H,5H2,1-4H3,(H2,13,16). The summed E-state index contributed by atoms with van der Waals surface area (Å²) in [6, 6.07) is 4.27. The predicted molar refractivity (Wildman–Crippen MR) is 73.0 cm³/mol. The summed E-state index contributed by atoms with van der Waals surface area (Å²) in [5.74, 6) is 0.894. The zero-order chi connectivity index (χ0) is 12.3. The van der Waals surface area contributed by atoms with Crippen molar-refractivity contribution in [2.75, 3.05) is 11.4 Å². The lowest BCUT2D eigenvalue weighted by molar-refractivity contribution is 0.691. The SMILES string of the molecule is CCN(c1nc(C)ccc1C(N)=S)C(C)C. The van der Waals surface area contributed by atoms with Crippen LogP contribution in [0.1, 0.15) is 32.0 Å². The van der Waals surface area contributed by atoms with Crippen LogP contribution in [0.4, 0.5) is 5.82 Å². The van der Waals surface area contributed by atoms with E-state index in [1.165, 1.54) is 0 Å². The number of nitrogens with zero attached hydrogens (tertiary/aromatic N) is 2. The number of aromatic nitrogens is 1. The molecule has 1 heterocycles. The van der Waals surface area contributed by atoms with Crippen LogP contribution < -0.4 is 10.6 Å². The Hall–Kier alpha value is -1.16. The molecule has 0 atom stereocenters. The molecular weight excluding hydrogens is 218 g/mol. The fourth-order valence-electron chi connectivity index (χ4n) is 1.71. The fraction of sp³-hybridized carbons (Fsp3) is 0.500. The van der Waals surface area contributed by atoms with E-state index in [9.17, 15) is 0 Å². The number of aryl methyl sites for hydroxylation is 1. The van der Waals surface area contributed by atoms with Crippen molar-refractivity contribution in [2.45, 2.75) is 33.7 Å². The largest absolute Gasteiger partial charge is 0.389 e. The molecule has 16 heavy (non-hydrogen) atoms. The van der Waals surface area contributed by atoms with Gasteiger partial charge in [0.05, 0.1) is 5.56 Å². The summed E-state index contributed by atoms with van der Waals surface area (Å²) in [6.45, 7) is 9.24. The molecule has 0 unspecified atom stereocenters. The van der Waals surface area contributed by atoms with Gasteiger partial charge in [-0.2, -0.15) is 0 Å². The van der Waals surface area contributed by atoms with Crippen molar-refractivity contribution >= 4 is 23.0 Å². The smallest absolute Gasteiger partial charge is 0.139 e. The number of pyridine rings is 1. The third-order valence-electron chi connectivity index (χ3n) is 2.52. The number of anilines is 1. The highest BCUT2D eigenvalue weighted by Crippen LogP contribution is 2.20. The first kappa shape index (κ1) is 12.9. The summed E-state index contributed by atoms with van der Waals surface area (Å²) >= 11 is 5.06. The molecule has 0 bridgehead atoms. The molecule has 0 aliphatic rings. The lowest BCUT2D eigenvalue weighted by Crippen LogP contribution is -2.33. The number of hydrogen-bond donors (Lipinski definition) is 1. The first-order chi connectivity index (χ1) is 7.47. The van der Waals surface area contributed by atoms with Crippen LogP contribution in [-0.4, -0.2) is 22.6 Å². The highest BCUT2D eigenvalue weighted by molar-refractivity contribution is 7.80. The van der Waals surface area contributed by atoms with E-state index < -0.39 is 0 Å².